The highest BCUT2D eigenvalue weighted by Gasteiger charge is 2.15. The molecule has 0 bridgehead atoms. The molecule has 4 rings (SSSR count). The highest BCUT2D eigenvalue weighted by molar-refractivity contribution is 7.10. The molecule has 3 aromatic rings. The van der Waals surface area contributed by atoms with Crippen molar-refractivity contribution in [1.29, 1.82) is 0 Å². The lowest BCUT2D eigenvalue weighted by Gasteiger charge is -2.05. The van der Waals surface area contributed by atoms with Gasteiger partial charge in [-0.15, -0.1) is 11.3 Å². The first-order valence-corrected chi connectivity index (χ1v) is 8.12. The number of anilines is 1. The monoisotopic (exact) mass is 292 g/mol. The molecule has 0 radical (unpaired) electrons. The van der Waals surface area contributed by atoms with Crippen molar-refractivity contribution in [2.24, 2.45) is 0 Å². The van der Waals surface area contributed by atoms with Crippen LogP contribution in [0.2, 0.25) is 0 Å². The van der Waals surface area contributed by atoms with Crippen molar-refractivity contribution < 1.29 is 0 Å². The van der Waals surface area contributed by atoms with Crippen molar-refractivity contribution in [3.63, 3.8) is 0 Å². The van der Waals surface area contributed by atoms with E-state index in [0.29, 0.717) is 0 Å². The standard InChI is InChI=1S/C18H16N2S/c1-2-5-13(6-3-1)17-12-21-18(20-17)11-14-7-4-8-16-15(14)9-10-19-16/h1-8,12,19H,9-11H2. The van der Waals surface area contributed by atoms with E-state index < -0.39 is 0 Å². The summed E-state index contributed by atoms with van der Waals surface area (Å²) in [4.78, 5) is 4.80. The summed E-state index contributed by atoms with van der Waals surface area (Å²) in [7, 11) is 0. The number of rotatable bonds is 3. The number of nitrogens with zero attached hydrogens (tertiary/aromatic N) is 1. The summed E-state index contributed by atoms with van der Waals surface area (Å²) in [6.45, 7) is 1.06. The molecule has 0 saturated carbocycles. The topological polar surface area (TPSA) is 24.9 Å². The fourth-order valence-electron chi connectivity index (χ4n) is 2.88. The summed E-state index contributed by atoms with van der Waals surface area (Å²) in [5.74, 6) is 0. The number of fused-ring (bicyclic) bond motifs is 1. The van der Waals surface area contributed by atoms with Crippen molar-refractivity contribution in [2.75, 3.05) is 11.9 Å². The Morgan fingerprint density at radius 3 is 2.86 bits per heavy atom. The van der Waals surface area contributed by atoms with Crippen LogP contribution in [0.1, 0.15) is 16.1 Å². The van der Waals surface area contributed by atoms with Gasteiger partial charge >= 0.3 is 0 Å². The van der Waals surface area contributed by atoms with Gasteiger partial charge < -0.3 is 5.32 Å². The molecule has 1 aromatic heterocycles. The molecule has 0 aliphatic carbocycles. The van der Waals surface area contributed by atoms with Crippen molar-refractivity contribution in [2.45, 2.75) is 12.8 Å². The SMILES string of the molecule is c1ccc(-c2csc(Cc3cccc4c3CCN4)n2)cc1. The Morgan fingerprint density at radius 1 is 1.05 bits per heavy atom. The average molecular weight is 292 g/mol. The third-order valence-corrected chi connectivity index (χ3v) is 4.78. The van der Waals surface area contributed by atoms with Crippen LogP contribution >= 0.6 is 11.3 Å². The van der Waals surface area contributed by atoms with Gasteiger partial charge in [-0.05, 0) is 23.6 Å². The van der Waals surface area contributed by atoms with Gasteiger partial charge in [0.1, 0.15) is 0 Å². The van der Waals surface area contributed by atoms with E-state index >= 15 is 0 Å². The Kier molecular flexibility index (Phi) is 3.20. The predicted molar refractivity (Wildman–Crippen MR) is 89.0 cm³/mol. The van der Waals surface area contributed by atoms with Crippen LogP contribution in [0.25, 0.3) is 11.3 Å². The second-order valence-corrected chi connectivity index (χ2v) is 6.23. The van der Waals surface area contributed by atoms with E-state index in [9.17, 15) is 0 Å². The molecule has 0 unspecified atom stereocenters. The minimum Gasteiger partial charge on any atom is -0.384 e. The van der Waals surface area contributed by atoms with Gasteiger partial charge in [-0.1, -0.05) is 42.5 Å². The summed E-state index contributed by atoms with van der Waals surface area (Å²) in [5, 5.41) is 6.79. The van der Waals surface area contributed by atoms with Gasteiger partial charge in [0.05, 0.1) is 10.7 Å². The zero-order valence-corrected chi connectivity index (χ0v) is 12.5. The molecule has 0 spiro atoms. The van der Waals surface area contributed by atoms with Crippen LogP contribution in [0.15, 0.2) is 53.9 Å². The smallest absolute Gasteiger partial charge is 0.0976 e. The fourth-order valence-corrected chi connectivity index (χ4v) is 3.71. The summed E-state index contributed by atoms with van der Waals surface area (Å²) >= 11 is 1.75. The molecule has 1 aliphatic rings. The van der Waals surface area contributed by atoms with E-state index in [1.54, 1.807) is 11.3 Å². The molecular weight excluding hydrogens is 276 g/mol. The second-order valence-electron chi connectivity index (χ2n) is 5.29. The molecule has 0 atom stereocenters. The normalized spacial score (nSPS) is 13.0. The highest BCUT2D eigenvalue weighted by atomic mass is 32.1. The zero-order valence-electron chi connectivity index (χ0n) is 11.7. The Balaban J connectivity index is 1.62. The molecule has 104 valence electrons. The minimum absolute atomic E-state index is 0.933. The Bertz CT molecular complexity index is 762. The van der Waals surface area contributed by atoms with Gasteiger partial charge in [0.2, 0.25) is 0 Å². The molecule has 2 aromatic carbocycles. The number of hydrogen-bond acceptors (Lipinski definition) is 3. The largest absolute Gasteiger partial charge is 0.384 e. The van der Waals surface area contributed by atoms with Gasteiger partial charge in [0, 0.05) is 29.6 Å². The maximum absolute atomic E-state index is 4.80. The second kappa shape index (κ2) is 5.34. The maximum Gasteiger partial charge on any atom is 0.0976 e. The maximum atomic E-state index is 4.80. The summed E-state index contributed by atoms with van der Waals surface area (Å²) in [5.41, 5.74) is 6.45. The van der Waals surface area contributed by atoms with Crippen LogP contribution < -0.4 is 5.32 Å². The number of benzene rings is 2. The number of aromatic nitrogens is 1. The van der Waals surface area contributed by atoms with E-state index in [1.165, 1.54) is 27.4 Å². The minimum atomic E-state index is 0.933. The van der Waals surface area contributed by atoms with Crippen LogP contribution in [0.5, 0.6) is 0 Å². The molecule has 0 saturated heterocycles. The number of thiazole rings is 1. The lowest BCUT2D eigenvalue weighted by atomic mass is 10.0. The molecule has 3 heteroatoms. The van der Waals surface area contributed by atoms with Crippen LogP contribution in [-0.4, -0.2) is 11.5 Å². The van der Waals surface area contributed by atoms with Crippen LogP contribution in [0.3, 0.4) is 0 Å². The molecule has 1 aliphatic heterocycles. The third kappa shape index (κ3) is 2.45. The molecule has 21 heavy (non-hydrogen) atoms. The zero-order chi connectivity index (χ0) is 14.1. The van der Waals surface area contributed by atoms with Crippen molar-refractivity contribution in [1.82, 2.24) is 4.98 Å². The Labute approximate surface area is 128 Å². The van der Waals surface area contributed by atoms with E-state index in [0.717, 1.165) is 25.1 Å². The van der Waals surface area contributed by atoms with Crippen molar-refractivity contribution in [3.05, 3.63) is 70.0 Å². The fraction of sp³-hybridized carbons (Fsp3) is 0.167. The summed E-state index contributed by atoms with van der Waals surface area (Å²) < 4.78 is 0. The predicted octanol–water partition coefficient (Wildman–Crippen LogP) is 4.37. The number of hydrogen-bond donors (Lipinski definition) is 1. The third-order valence-electron chi connectivity index (χ3n) is 3.93. The Hall–Kier alpha value is -2.13. The molecule has 0 fully saturated rings. The van der Waals surface area contributed by atoms with Gasteiger partial charge in [-0.3, -0.25) is 0 Å². The summed E-state index contributed by atoms with van der Waals surface area (Å²) in [6.07, 6.45) is 2.06. The first kappa shape index (κ1) is 12.6. The van der Waals surface area contributed by atoms with Gasteiger partial charge in [0.25, 0.3) is 0 Å². The molecular formula is C18H16N2S. The van der Waals surface area contributed by atoms with E-state index in [1.807, 2.05) is 6.07 Å². The molecule has 1 N–H and O–H groups in total. The number of nitrogens with one attached hydrogen (secondary N) is 1. The van der Waals surface area contributed by atoms with Gasteiger partial charge in [-0.2, -0.15) is 0 Å². The van der Waals surface area contributed by atoms with Crippen molar-refractivity contribution in [3.8, 4) is 11.3 Å². The average Bonchev–Trinajstić information content (AvgIpc) is 3.17. The molecule has 0 amide bonds. The Morgan fingerprint density at radius 2 is 1.95 bits per heavy atom. The van der Waals surface area contributed by atoms with E-state index in [-0.39, 0.29) is 0 Å². The quantitative estimate of drug-likeness (QED) is 0.775. The highest BCUT2D eigenvalue weighted by Crippen LogP contribution is 2.29. The van der Waals surface area contributed by atoms with Crippen LogP contribution in [-0.2, 0) is 12.8 Å². The first-order valence-electron chi connectivity index (χ1n) is 7.24. The lowest BCUT2D eigenvalue weighted by molar-refractivity contribution is 1.05. The van der Waals surface area contributed by atoms with Gasteiger partial charge in [-0.25, -0.2) is 4.98 Å². The van der Waals surface area contributed by atoms with Crippen molar-refractivity contribution >= 4 is 17.0 Å². The molecule has 2 heterocycles. The first-order chi connectivity index (χ1) is 10.4. The van der Waals surface area contributed by atoms with Gasteiger partial charge in [0.15, 0.2) is 0 Å². The van der Waals surface area contributed by atoms with E-state index in [2.05, 4.69) is 53.2 Å². The lowest BCUT2D eigenvalue weighted by Crippen LogP contribution is -1.93. The summed E-state index contributed by atoms with van der Waals surface area (Å²) in [6, 6.07) is 16.9. The van der Waals surface area contributed by atoms with Crippen LogP contribution in [0, 0.1) is 0 Å². The molecule has 2 nitrogen and oxygen atoms in total. The van der Waals surface area contributed by atoms with E-state index in [4.69, 9.17) is 4.98 Å². The van der Waals surface area contributed by atoms with Crippen LogP contribution in [0.4, 0.5) is 5.69 Å².